The minimum atomic E-state index is -0.843. The van der Waals surface area contributed by atoms with Gasteiger partial charge in [0.1, 0.15) is 0 Å². The van der Waals surface area contributed by atoms with Crippen LogP contribution in [0.25, 0.3) is 5.57 Å². The molecule has 1 fully saturated rings. The number of rotatable bonds is 6. The van der Waals surface area contributed by atoms with Crippen molar-refractivity contribution in [3.63, 3.8) is 0 Å². The summed E-state index contributed by atoms with van der Waals surface area (Å²) < 4.78 is 0. The molecule has 1 aliphatic carbocycles. The quantitative estimate of drug-likeness (QED) is 0.761. The van der Waals surface area contributed by atoms with Gasteiger partial charge in [0, 0.05) is 21.9 Å². The SMILES string of the molecule is C=C/C(=C(Cl)\C=C/C)c1csc(NC(=O)[C@H]2C[C@H](C(=O)O)C2)n1. The molecule has 2 N–H and O–H groups in total. The number of halogens is 1. The van der Waals surface area contributed by atoms with Crippen molar-refractivity contribution < 1.29 is 14.7 Å². The topological polar surface area (TPSA) is 79.3 Å². The molecule has 0 aromatic carbocycles. The normalized spacial score (nSPS) is 21.5. The number of anilines is 1. The standard InChI is InChI=1S/C16H17ClN2O3S/c1-3-5-12(17)11(4-2)13-8-23-16(18-13)19-14(20)9-6-10(7-9)15(21)22/h3-5,8-10H,2,6-7H2,1H3,(H,21,22)(H,18,19,20)/b5-3-,12-11-/t9-,10-. The fourth-order valence-electron chi connectivity index (χ4n) is 2.26. The highest BCUT2D eigenvalue weighted by atomic mass is 35.5. The lowest BCUT2D eigenvalue weighted by Crippen LogP contribution is -2.38. The summed E-state index contributed by atoms with van der Waals surface area (Å²) in [4.78, 5) is 27.1. The summed E-state index contributed by atoms with van der Waals surface area (Å²) in [5.74, 6) is -1.70. The molecule has 0 spiro atoms. The molecule has 0 saturated heterocycles. The van der Waals surface area contributed by atoms with E-state index in [1.807, 2.05) is 13.0 Å². The molecule has 2 rings (SSSR count). The van der Waals surface area contributed by atoms with Crippen molar-refractivity contribution in [2.24, 2.45) is 11.8 Å². The van der Waals surface area contributed by atoms with Gasteiger partial charge in [0.25, 0.3) is 0 Å². The number of nitrogens with one attached hydrogen (secondary N) is 1. The number of thiazole rings is 1. The zero-order chi connectivity index (χ0) is 17.0. The van der Waals surface area contributed by atoms with E-state index in [0.717, 1.165) is 0 Å². The molecule has 1 saturated carbocycles. The van der Waals surface area contributed by atoms with Gasteiger partial charge in [-0.25, -0.2) is 4.98 Å². The lowest BCUT2D eigenvalue weighted by atomic mass is 9.74. The summed E-state index contributed by atoms with van der Waals surface area (Å²) in [6.45, 7) is 5.59. The second-order valence-corrected chi connectivity index (χ2v) is 6.46. The minimum Gasteiger partial charge on any atom is -0.481 e. The number of carboxylic acid groups (broad SMARTS) is 1. The van der Waals surface area contributed by atoms with Crippen LogP contribution in [-0.4, -0.2) is 22.0 Å². The van der Waals surface area contributed by atoms with Gasteiger partial charge in [-0.05, 0) is 25.8 Å². The van der Waals surface area contributed by atoms with Crippen LogP contribution >= 0.6 is 22.9 Å². The molecule has 1 heterocycles. The van der Waals surface area contributed by atoms with Gasteiger partial charge in [0.15, 0.2) is 5.13 Å². The summed E-state index contributed by atoms with van der Waals surface area (Å²) in [6.07, 6.45) is 5.94. The largest absolute Gasteiger partial charge is 0.481 e. The average molecular weight is 353 g/mol. The lowest BCUT2D eigenvalue weighted by Gasteiger charge is -2.30. The molecule has 5 nitrogen and oxygen atoms in total. The van der Waals surface area contributed by atoms with Crippen LogP contribution in [0.15, 0.2) is 35.2 Å². The molecule has 1 aliphatic rings. The molecular formula is C16H17ClN2O3S. The zero-order valence-corrected chi connectivity index (χ0v) is 14.2. The molecule has 1 amide bonds. The van der Waals surface area contributed by atoms with Crippen LogP contribution in [0.2, 0.25) is 0 Å². The van der Waals surface area contributed by atoms with Crippen molar-refractivity contribution in [3.8, 4) is 0 Å². The second kappa shape index (κ2) is 7.57. The van der Waals surface area contributed by atoms with Gasteiger partial charge in [0.2, 0.25) is 5.91 Å². The van der Waals surface area contributed by atoms with Crippen molar-refractivity contribution in [1.82, 2.24) is 4.98 Å². The van der Waals surface area contributed by atoms with Crippen LogP contribution in [0, 0.1) is 11.8 Å². The van der Waals surface area contributed by atoms with E-state index in [0.29, 0.717) is 34.3 Å². The number of carboxylic acids is 1. The highest BCUT2D eigenvalue weighted by Gasteiger charge is 2.38. The predicted octanol–water partition coefficient (Wildman–Crippen LogP) is 3.90. The smallest absolute Gasteiger partial charge is 0.306 e. The van der Waals surface area contributed by atoms with E-state index in [4.69, 9.17) is 16.7 Å². The molecular weight excluding hydrogens is 336 g/mol. The Hall–Kier alpha value is -1.92. The van der Waals surface area contributed by atoms with Crippen LogP contribution < -0.4 is 5.32 Å². The van der Waals surface area contributed by atoms with Gasteiger partial charge in [0.05, 0.1) is 11.6 Å². The average Bonchev–Trinajstić information content (AvgIpc) is 2.85. The molecule has 0 bridgehead atoms. The minimum absolute atomic E-state index is 0.188. The number of hydrogen-bond donors (Lipinski definition) is 2. The number of aliphatic carboxylic acids is 1. The van der Waals surface area contributed by atoms with E-state index < -0.39 is 11.9 Å². The van der Waals surface area contributed by atoms with E-state index in [2.05, 4.69) is 16.9 Å². The third-order valence-electron chi connectivity index (χ3n) is 3.64. The Morgan fingerprint density at radius 1 is 1.48 bits per heavy atom. The Morgan fingerprint density at radius 2 is 2.17 bits per heavy atom. The number of aromatic nitrogens is 1. The highest BCUT2D eigenvalue weighted by Crippen LogP contribution is 2.35. The third-order valence-corrected chi connectivity index (χ3v) is 4.73. The molecule has 1 aromatic heterocycles. The molecule has 7 heteroatoms. The summed E-state index contributed by atoms with van der Waals surface area (Å²) >= 11 is 7.46. The summed E-state index contributed by atoms with van der Waals surface area (Å²) in [5.41, 5.74) is 1.33. The molecule has 1 aromatic rings. The van der Waals surface area contributed by atoms with Crippen molar-refractivity contribution in [1.29, 1.82) is 0 Å². The number of allylic oxidation sites excluding steroid dienone is 5. The number of carbonyl (C=O) groups excluding carboxylic acids is 1. The van der Waals surface area contributed by atoms with Crippen molar-refractivity contribution in [3.05, 3.63) is 40.9 Å². The first-order chi connectivity index (χ1) is 11.0. The van der Waals surface area contributed by atoms with Crippen molar-refractivity contribution in [2.75, 3.05) is 5.32 Å². The fourth-order valence-corrected chi connectivity index (χ4v) is 3.27. The summed E-state index contributed by atoms with van der Waals surface area (Å²) in [6, 6.07) is 0. The van der Waals surface area contributed by atoms with Gasteiger partial charge in [-0.3, -0.25) is 9.59 Å². The first-order valence-corrected chi connectivity index (χ1v) is 8.36. The van der Waals surface area contributed by atoms with E-state index in [1.165, 1.54) is 11.3 Å². The van der Waals surface area contributed by atoms with Gasteiger partial charge in [-0.2, -0.15) is 0 Å². The fraction of sp³-hybridized carbons (Fsp3) is 0.312. The summed E-state index contributed by atoms with van der Waals surface area (Å²) in [7, 11) is 0. The monoisotopic (exact) mass is 352 g/mol. The van der Waals surface area contributed by atoms with Crippen LogP contribution in [0.5, 0.6) is 0 Å². The van der Waals surface area contributed by atoms with Gasteiger partial charge >= 0.3 is 5.97 Å². The van der Waals surface area contributed by atoms with Crippen LogP contribution in [-0.2, 0) is 9.59 Å². The zero-order valence-electron chi connectivity index (χ0n) is 12.6. The van der Waals surface area contributed by atoms with Crippen LogP contribution in [0.4, 0.5) is 5.13 Å². The molecule has 0 radical (unpaired) electrons. The van der Waals surface area contributed by atoms with E-state index in [9.17, 15) is 9.59 Å². The van der Waals surface area contributed by atoms with E-state index in [-0.39, 0.29) is 11.8 Å². The maximum atomic E-state index is 12.0. The van der Waals surface area contributed by atoms with Gasteiger partial charge in [-0.15, -0.1) is 11.3 Å². The van der Waals surface area contributed by atoms with E-state index >= 15 is 0 Å². The van der Waals surface area contributed by atoms with Crippen molar-refractivity contribution in [2.45, 2.75) is 19.8 Å². The number of nitrogens with zero attached hydrogens (tertiary/aromatic N) is 1. The Labute approximate surface area is 143 Å². The Kier molecular flexibility index (Phi) is 5.74. The number of carbonyl (C=O) groups is 2. The number of amides is 1. The first-order valence-electron chi connectivity index (χ1n) is 7.10. The Morgan fingerprint density at radius 3 is 2.74 bits per heavy atom. The maximum Gasteiger partial charge on any atom is 0.306 e. The van der Waals surface area contributed by atoms with Crippen LogP contribution in [0.1, 0.15) is 25.5 Å². The molecule has 0 unspecified atom stereocenters. The van der Waals surface area contributed by atoms with E-state index in [1.54, 1.807) is 17.5 Å². The van der Waals surface area contributed by atoms with Gasteiger partial charge in [-0.1, -0.05) is 30.3 Å². The molecule has 0 aliphatic heterocycles. The predicted molar refractivity (Wildman–Crippen MR) is 92.4 cm³/mol. The highest BCUT2D eigenvalue weighted by molar-refractivity contribution is 7.14. The molecule has 0 atom stereocenters. The summed E-state index contributed by atoms with van der Waals surface area (Å²) in [5, 5.41) is 14.3. The second-order valence-electron chi connectivity index (χ2n) is 5.20. The lowest BCUT2D eigenvalue weighted by molar-refractivity contribution is -0.147. The third kappa shape index (κ3) is 4.09. The van der Waals surface area contributed by atoms with Gasteiger partial charge < -0.3 is 10.4 Å². The molecule has 23 heavy (non-hydrogen) atoms. The molecule has 122 valence electrons. The Balaban J connectivity index is 2.03. The maximum absolute atomic E-state index is 12.0. The first kappa shape index (κ1) is 17.4. The Bertz CT molecular complexity index is 687. The van der Waals surface area contributed by atoms with Crippen molar-refractivity contribution >= 4 is 45.5 Å². The van der Waals surface area contributed by atoms with Crippen LogP contribution in [0.3, 0.4) is 0 Å². The number of hydrogen-bond acceptors (Lipinski definition) is 4.